The summed E-state index contributed by atoms with van der Waals surface area (Å²) in [5, 5.41) is 15.1. The fourth-order valence-electron chi connectivity index (χ4n) is 3.17. The summed E-state index contributed by atoms with van der Waals surface area (Å²) in [6.07, 6.45) is 3.57. The molecule has 1 heterocycles. The van der Waals surface area contributed by atoms with E-state index in [0.717, 1.165) is 31.6 Å². The van der Waals surface area contributed by atoms with E-state index >= 15 is 0 Å². The summed E-state index contributed by atoms with van der Waals surface area (Å²) in [5.74, 6) is 0.508. The molecule has 29 heavy (non-hydrogen) atoms. The van der Waals surface area contributed by atoms with Crippen LogP contribution in [0.5, 0.6) is 11.5 Å². The van der Waals surface area contributed by atoms with Crippen molar-refractivity contribution in [2.75, 3.05) is 32.2 Å². The van der Waals surface area contributed by atoms with Crippen molar-refractivity contribution in [3.8, 4) is 11.5 Å². The van der Waals surface area contributed by atoms with E-state index in [4.69, 9.17) is 9.47 Å². The van der Waals surface area contributed by atoms with Crippen molar-refractivity contribution in [1.29, 1.82) is 0 Å². The fraction of sp³-hybridized carbons (Fsp3) is 0.300. The number of non-ortho nitro benzene ring substituents is 1. The smallest absolute Gasteiger partial charge is 0.271 e. The Morgan fingerprint density at radius 3 is 2.38 bits per heavy atom. The number of carbonyl (C=O) groups excluding carboxylic acids is 1. The summed E-state index contributed by atoms with van der Waals surface area (Å²) in [6.45, 7) is 1.77. The van der Waals surface area contributed by atoms with Crippen LogP contribution < -0.4 is 19.8 Å². The second-order valence-electron chi connectivity index (χ2n) is 6.49. The number of amides is 1. The number of hydrazone groups is 1. The number of rotatable bonds is 7. The second-order valence-corrected chi connectivity index (χ2v) is 6.49. The van der Waals surface area contributed by atoms with Crippen LogP contribution in [0.25, 0.3) is 0 Å². The molecule has 0 radical (unpaired) electrons. The third kappa shape index (κ3) is 4.81. The normalized spacial score (nSPS) is 13.5. The molecule has 2 aromatic carbocycles. The van der Waals surface area contributed by atoms with Crippen molar-refractivity contribution in [3.63, 3.8) is 0 Å². The lowest BCUT2D eigenvalue weighted by molar-refractivity contribution is -0.384. The predicted octanol–water partition coefficient (Wildman–Crippen LogP) is 2.98. The number of carbonyl (C=O) groups is 1. The van der Waals surface area contributed by atoms with Crippen LogP contribution in [0.4, 0.5) is 11.4 Å². The van der Waals surface area contributed by atoms with Gasteiger partial charge in [-0.25, -0.2) is 5.43 Å². The number of nitrogens with zero attached hydrogens (tertiary/aromatic N) is 3. The SMILES string of the molecule is COc1cc(OC)cc(C(=O)NN=Cc2cc([N+](=O)[O-])ccc2N2CCCC2)c1. The molecular weight excluding hydrogens is 376 g/mol. The predicted molar refractivity (Wildman–Crippen MR) is 109 cm³/mol. The molecule has 9 heteroatoms. The van der Waals surface area contributed by atoms with E-state index in [1.165, 1.54) is 32.6 Å². The van der Waals surface area contributed by atoms with Gasteiger partial charge in [-0.2, -0.15) is 5.10 Å². The minimum absolute atomic E-state index is 0.0294. The van der Waals surface area contributed by atoms with Gasteiger partial charge in [-0.15, -0.1) is 0 Å². The van der Waals surface area contributed by atoms with Crippen LogP contribution in [0.15, 0.2) is 41.5 Å². The first-order valence-corrected chi connectivity index (χ1v) is 9.11. The Kier molecular flexibility index (Phi) is 6.28. The van der Waals surface area contributed by atoms with Crippen LogP contribution >= 0.6 is 0 Å². The highest BCUT2D eigenvalue weighted by molar-refractivity contribution is 5.96. The summed E-state index contributed by atoms with van der Waals surface area (Å²) in [6, 6.07) is 9.45. The van der Waals surface area contributed by atoms with Gasteiger partial charge in [-0.3, -0.25) is 14.9 Å². The number of nitrogens with one attached hydrogen (secondary N) is 1. The number of ether oxygens (including phenoxy) is 2. The highest BCUT2D eigenvalue weighted by Gasteiger charge is 2.18. The molecular formula is C20H22N4O5. The highest BCUT2D eigenvalue weighted by atomic mass is 16.6. The van der Waals surface area contributed by atoms with Crippen molar-refractivity contribution < 1.29 is 19.2 Å². The van der Waals surface area contributed by atoms with Gasteiger partial charge in [0.2, 0.25) is 0 Å². The minimum Gasteiger partial charge on any atom is -0.497 e. The summed E-state index contributed by atoms with van der Waals surface area (Å²) in [5.41, 5.74) is 4.16. The first-order chi connectivity index (χ1) is 14.0. The van der Waals surface area contributed by atoms with Gasteiger partial charge < -0.3 is 14.4 Å². The molecule has 1 fully saturated rings. The van der Waals surface area contributed by atoms with Gasteiger partial charge in [0.25, 0.3) is 11.6 Å². The van der Waals surface area contributed by atoms with Gasteiger partial charge in [0.15, 0.2) is 0 Å². The molecule has 1 aliphatic rings. The molecule has 0 aliphatic carbocycles. The van der Waals surface area contributed by atoms with Crippen LogP contribution in [0, 0.1) is 10.1 Å². The van der Waals surface area contributed by atoms with E-state index in [2.05, 4.69) is 15.4 Å². The average Bonchev–Trinajstić information content (AvgIpc) is 3.27. The molecule has 0 aromatic heterocycles. The molecule has 0 saturated carbocycles. The van der Waals surface area contributed by atoms with Gasteiger partial charge in [0.05, 0.1) is 25.4 Å². The van der Waals surface area contributed by atoms with Crippen molar-refractivity contribution in [2.45, 2.75) is 12.8 Å². The van der Waals surface area contributed by atoms with Crippen molar-refractivity contribution >= 4 is 23.5 Å². The minimum atomic E-state index is -0.452. The molecule has 2 aromatic rings. The molecule has 0 atom stereocenters. The van der Waals surface area contributed by atoms with Crippen LogP contribution in [0.1, 0.15) is 28.8 Å². The summed E-state index contributed by atoms with van der Waals surface area (Å²) < 4.78 is 10.3. The first-order valence-electron chi connectivity index (χ1n) is 9.11. The van der Waals surface area contributed by atoms with Crippen LogP contribution in [0.3, 0.4) is 0 Å². The molecule has 9 nitrogen and oxygen atoms in total. The highest BCUT2D eigenvalue weighted by Crippen LogP contribution is 2.27. The van der Waals surface area contributed by atoms with Gasteiger partial charge in [0, 0.05) is 48.1 Å². The Balaban J connectivity index is 1.81. The zero-order valence-corrected chi connectivity index (χ0v) is 16.3. The van der Waals surface area contributed by atoms with E-state index in [1.54, 1.807) is 24.3 Å². The monoisotopic (exact) mass is 398 g/mol. The number of hydrogen-bond donors (Lipinski definition) is 1. The van der Waals surface area contributed by atoms with Gasteiger partial charge >= 0.3 is 0 Å². The maximum Gasteiger partial charge on any atom is 0.271 e. The maximum atomic E-state index is 12.4. The molecule has 152 valence electrons. The topological polar surface area (TPSA) is 106 Å². The largest absolute Gasteiger partial charge is 0.497 e. The lowest BCUT2D eigenvalue weighted by Gasteiger charge is -2.19. The maximum absolute atomic E-state index is 12.4. The first kappa shape index (κ1) is 20.1. The molecule has 1 saturated heterocycles. The average molecular weight is 398 g/mol. The Morgan fingerprint density at radius 1 is 1.14 bits per heavy atom. The summed E-state index contributed by atoms with van der Waals surface area (Å²) in [7, 11) is 2.99. The fourth-order valence-corrected chi connectivity index (χ4v) is 3.17. The Labute approximate surface area is 168 Å². The number of nitro benzene ring substituents is 1. The molecule has 0 spiro atoms. The van der Waals surface area contributed by atoms with E-state index in [1.807, 2.05) is 0 Å². The van der Waals surface area contributed by atoms with Crippen LogP contribution in [0.2, 0.25) is 0 Å². The third-order valence-corrected chi connectivity index (χ3v) is 4.65. The zero-order valence-electron chi connectivity index (χ0n) is 16.3. The molecule has 1 N–H and O–H groups in total. The van der Waals surface area contributed by atoms with Crippen molar-refractivity contribution in [3.05, 3.63) is 57.6 Å². The number of benzene rings is 2. The number of anilines is 1. The van der Waals surface area contributed by atoms with Crippen molar-refractivity contribution in [1.82, 2.24) is 5.43 Å². The summed E-state index contributed by atoms with van der Waals surface area (Å²) >= 11 is 0. The van der Waals surface area contributed by atoms with E-state index in [-0.39, 0.29) is 5.69 Å². The number of hydrogen-bond acceptors (Lipinski definition) is 7. The second kappa shape index (κ2) is 9.05. The molecule has 1 aliphatic heterocycles. The van der Waals surface area contributed by atoms with E-state index in [0.29, 0.717) is 22.6 Å². The molecule has 0 unspecified atom stereocenters. The summed E-state index contributed by atoms with van der Waals surface area (Å²) in [4.78, 5) is 25.3. The third-order valence-electron chi connectivity index (χ3n) is 4.65. The Bertz CT molecular complexity index is 916. The van der Waals surface area contributed by atoms with Gasteiger partial charge in [0.1, 0.15) is 11.5 Å². The van der Waals surface area contributed by atoms with Crippen molar-refractivity contribution in [2.24, 2.45) is 5.10 Å². The quantitative estimate of drug-likeness (QED) is 0.437. The standard InChI is InChI=1S/C20H22N4O5/c1-28-17-10-14(11-18(12-17)29-2)20(25)22-21-13-15-9-16(24(26)27)5-6-19(15)23-7-3-4-8-23/h5-6,9-13H,3-4,7-8H2,1-2H3,(H,22,25). The number of methoxy groups -OCH3 is 2. The van der Waals surface area contributed by atoms with Gasteiger partial charge in [-0.1, -0.05) is 0 Å². The Morgan fingerprint density at radius 2 is 1.79 bits per heavy atom. The number of nitro groups is 1. The Hall–Kier alpha value is -3.62. The zero-order chi connectivity index (χ0) is 20.8. The van der Waals surface area contributed by atoms with Gasteiger partial charge in [-0.05, 0) is 31.0 Å². The van der Waals surface area contributed by atoms with E-state index in [9.17, 15) is 14.9 Å². The molecule has 1 amide bonds. The lowest BCUT2D eigenvalue weighted by atomic mass is 10.1. The van der Waals surface area contributed by atoms with Crippen LogP contribution in [-0.4, -0.2) is 44.4 Å². The lowest BCUT2D eigenvalue weighted by Crippen LogP contribution is -2.20. The molecule has 0 bridgehead atoms. The molecule has 3 rings (SSSR count). The van der Waals surface area contributed by atoms with E-state index < -0.39 is 10.8 Å². The van der Waals surface area contributed by atoms with Crippen LogP contribution in [-0.2, 0) is 0 Å².